The molecule has 1 amide bonds. The van der Waals surface area contributed by atoms with Gasteiger partial charge in [0.05, 0.1) is 0 Å². The van der Waals surface area contributed by atoms with Crippen LogP contribution in [0.15, 0.2) is 6.33 Å². The highest BCUT2D eigenvalue weighted by atomic mass is 16.2. The number of nitrogens with zero attached hydrogens (tertiary/aromatic N) is 5. The normalized spacial score (nSPS) is 27.2. The van der Waals surface area contributed by atoms with Crippen molar-refractivity contribution < 1.29 is 4.79 Å². The molecule has 0 bridgehead atoms. The highest BCUT2D eigenvalue weighted by Gasteiger charge is 2.38. The van der Waals surface area contributed by atoms with Gasteiger partial charge in [0.1, 0.15) is 12.9 Å². The zero-order valence-corrected chi connectivity index (χ0v) is 11.4. The Balaban J connectivity index is 1.65. The number of rotatable bonds is 4. The SMILES string of the molecule is CC1CCC(N(C(=O)Cn2cnnn2)C2CC2)CC1. The predicted octanol–water partition coefficient (Wildman–Crippen LogP) is 1.24. The molecule has 0 saturated heterocycles. The summed E-state index contributed by atoms with van der Waals surface area (Å²) in [4.78, 5) is 14.6. The minimum Gasteiger partial charge on any atom is -0.335 e. The van der Waals surface area contributed by atoms with Gasteiger partial charge in [0.25, 0.3) is 0 Å². The Morgan fingerprint density at radius 1 is 1.21 bits per heavy atom. The quantitative estimate of drug-likeness (QED) is 0.820. The van der Waals surface area contributed by atoms with Crippen molar-refractivity contribution in [2.45, 2.75) is 64.1 Å². The summed E-state index contributed by atoms with van der Waals surface area (Å²) >= 11 is 0. The molecule has 104 valence electrons. The Labute approximate surface area is 113 Å². The summed E-state index contributed by atoms with van der Waals surface area (Å²) in [6.07, 6.45) is 8.61. The molecule has 1 aromatic heterocycles. The van der Waals surface area contributed by atoms with E-state index in [0.717, 1.165) is 31.6 Å². The van der Waals surface area contributed by atoms with E-state index in [-0.39, 0.29) is 12.5 Å². The van der Waals surface area contributed by atoms with Crippen molar-refractivity contribution >= 4 is 5.91 Å². The van der Waals surface area contributed by atoms with Crippen LogP contribution in [-0.2, 0) is 11.3 Å². The van der Waals surface area contributed by atoms with Gasteiger partial charge in [-0.25, -0.2) is 4.68 Å². The van der Waals surface area contributed by atoms with Gasteiger partial charge in [-0.2, -0.15) is 0 Å². The van der Waals surface area contributed by atoms with Gasteiger partial charge in [-0.1, -0.05) is 6.92 Å². The van der Waals surface area contributed by atoms with Crippen LogP contribution in [0.3, 0.4) is 0 Å². The fourth-order valence-electron chi connectivity index (χ4n) is 3.05. The second kappa shape index (κ2) is 5.27. The number of hydrogen-bond donors (Lipinski definition) is 0. The number of aromatic nitrogens is 4. The second-order valence-corrected chi connectivity index (χ2v) is 5.95. The molecule has 2 aliphatic rings. The van der Waals surface area contributed by atoms with E-state index in [0.29, 0.717) is 12.1 Å². The van der Waals surface area contributed by atoms with E-state index in [1.54, 1.807) is 0 Å². The Bertz CT molecular complexity index is 420. The molecule has 2 fully saturated rings. The van der Waals surface area contributed by atoms with Crippen LogP contribution in [0.25, 0.3) is 0 Å². The highest BCUT2D eigenvalue weighted by molar-refractivity contribution is 5.77. The summed E-state index contributed by atoms with van der Waals surface area (Å²) < 4.78 is 1.52. The second-order valence-electron chi connectivity index (χ2n) is 5.95. The van der Waals surface area contributed by atoms with Crippen molar-refractivity contribution in [2.24, 2.45) is 5.92 Å². The molecule has 6 heteroatoms. The van der Waals surface area contributed by atoms with Crippen LogP contribution in [0.2, 0.25) is 0 Å². The number of carbonyl (C=O) groups is 1. The fourth-order valence-corrected chi connectivity index (χ4v) is 3.05. The molecule has 0 atom stereocenters. The highest BCUT2D eigenvalue weighted by Crippen LogP contribution is 2.35. The predicted molar refractivity (Wildman–Crippen MR) is 69.1 cm³/mol. The summed E-state index contributed by atoms with van der Waals surface area (Å²) in [6.45, 7) is 2.58. The molecule has 1 heterocycles. The average molecular weight is 263 g/mol. The molecule has 0 N–H and O–H groups in total. The lowest BCUT2D eigenvalue weighted by Crippen LogP contribution is -2.45. The Kier molecular flexibility index (Phi) is 3.48. The maximum atomic E-state index is 12.5. The molecular weight excluding hydrogens is 242 g/mol. The lowest BCUT2D eigenvalue weighted by Gasteiger charge is -2.36. The summed E-state index contributed by atoms with van der Waals surface area (Å²) in [5.41, 5.74) is 0. The summed E-state index contributed by atoms with van der Waals surface area (Å²) in [7, 11) is 0. The van der Waals surface area contributed by atoms with E-state index in [1.165, 1.54) is 23.9 Å². The molecule has 0 aliphatic heterocycles. The topological polar surface area (TPSA) is 63.9 Å². The smallest absolute Gasteiger partial charge is 0.244 e. The monoisotopic (exact) mass is 263 g/mol. The van der Waals surface area contributed by atoms with Gasteiger partial charge in [0, 0.05) is 12.1 Å². The van der Waals surface area contributed by atoms with Gasteiger partial charge >= 0.3 is 0 Å². The molecule has 0 spiro atoms. The molecule has 1 aromatic rings. The van der Waals surface area contributed by atoms with Gasteiger partial charge in [0.15, 0.2) is 0 Å². The molecule has 0 aromatic carbocycles. The maximum absolute atomic E-state index is 12.5. The third kappa shape index (κ3) is 2.93. The third-order valence-corrected chi connectivity index (χ3v) is 4.30. The van der Waals surface area contributed by atoms with Gasteiger partial charge in [0.2, 0.25) is 5.91 Å². The minimum absolute atomic E-state index is 0.175. The van der Waals surface area contributed by atoms with Crippen LogP contribution >= 0.6 is 0 Å². The Morgan fingerprint density at radius 2 is 1.84 bits per heavy atom. The van der Waals surface area contributed by atoms with Crippen molar-refractivity contribution in [3.63, 3.8) is 0 Å². The van der Waals surface area contributed by atoms with Gasteiger partial charge in [-0.15, -0.1) is 5.10 Å². The van der Waals surface area contributed by atoms with Crippen LogP contribution in [0, 0.1) is 5.92 Å². The number of carbonyl (C=O) groups excluding carboxylic acids is 1. The lowest BCUT2D eigenvalue weighted by atomic mass is 9.86. The minimum atomic E-state index is 0.175. The summed E-state index contributed by atoms with van der Waals surface area (Å²) in [5.74, 6) is 0.987. The summed E-state index contributed by atoms with van der Waals surface area (Å²) in [5, 5.41) is 10.9. The van der Waals surface area contributed by atoms with E-state index in [1.807, 2.05) is 0 Å². The molecule has 2 aliphatic carbocycles. The van der Waals surface area contributed by atoms with Crippen molar-refractivity contribution in [3.05, 3.63) is 6.33 Å². The first-order valence-electron chi connectivity index (χ1n) is 7.26. The number of tetrazole rings is 1. The molecule has 0 unspecified atom stereocenters. The molecule has 6 nitrogen and oxygen atoms in total. The van der Waals surface area contributed by atoms with Crippen LogP contribution in [0.5, 0.6) is 0 Å². The zero-order chi connectivity index (χ0) is 13.2. The zero-order valence-electron chi connectivity index (χ0n) is 11.4. The standard InChI is InChI=1S/C13H21N5O/c1-10-2-4-11(5-3-10)18(12-6-7-12)13(19)8-17-9-14-15-16-17/h9-12H,2-8H2,1H3. The molecule has 2 saturated carbocycles. The molecule has 3 rings (SSSR count). The van der Waals surface area contributed by atoms with E-state index < -0.39 is 0 Å². The maximum Gasteiger partial charge on any atom is 0.244 e. The first-order chi connectivity index (χ1) is 9.24. The van der Waals surface area contributed by atoms with Crippen molar-refractivity contribution in [1.29, 1.82) is 0 Å². The largest absolute Gasteiger partial charge is 0.335 e. The van der Waals surface area contributed by atoms with E-state index in [9.17, 15) is 4.79 Å². The van der Waals surface area contributed by atoms with Crippen LogP contribution in [0.4, 0.5) is 0 Å². The first-order valence-corrected chi connectivity index (χ1v) is 7.26. The molecular formula is C13H21N5O. The Hall–Kier alpha value is -1.46. The number of amides is 1. The van der Waals surface area contributed by atoms with Crippen LogP contribution < -0.4 is 0 Å². The van der Waals surface area contributed by atoms with Crippen molar-refractivity contribution in [1.82, 2.24) is 25.1 Å². The van der Waals surface area contributed by atoms with Gasteiger partial charge in [-0.05, 0) is 54.9 Å². The third-order valence-electron chi connectivity index (χ3n) is 4.30. The van der Waals surface area contributed by atoms with E-state index in [4.69, 9.17) is 0 Å². The molecule has 0 radical (unpaired) electrons. The molecule has 19 heavy (non-hydrogen) atoms. The lowest BCUT2D eigenvalue weighted by molar-refractivity contribution is -0.136. The van der Waals surface area contributed by atoms with Crippen molar-refractivity contribution in [3.8, 4) is 0 Å². The van der Waals surface area contributed by atoms with Gasteiger partial charge < -0.3 is 4.90 Å². The van der Waals surface area contributed by atoms with E-state index >= 15 is 0 Å². The first kappa shape index (κ1) is 12.6. The van der Waals surface area contributed by atoms with Crippen LogP contribution in [-0.4, -0.2) is 43.1 Å². The average Bonchev–Trinajstić information content (AvgIpc) is 3.09. The van der Waals surface area contributed by atoms with Gasteiger partial charge in [-0.3, -0.25) is 4.79 Å². The Morgan fingerprint density at radius 3 is 2.37 bits per heavy atom. The van der Waals surface area contributed by atoms with Crippen molar-refractivity contribution in [2.75, 3.05) is 0 Å². The number of hydrogen-bond acceptors (Lipinski definition) is 4. The summed E-state index contributed by atoms with van der Waals surface area (Å²) in [6, 6.07) is 0.912. The van der Waals surface area contributed by atoms with E-state index in [2.05, 4.69) is 27.3 Å². The van der Waals surface area contributed by atoms with Crippen LogP contribution in [0.1, 0.15) is 45.4 Å². The fraction of sp³-hybridized carbons (Fsp3) is 0.846.